The maximum Gasteiger partial charge on any atom is 0.255 e. The summed E-state index contributed by atoms with van der Waals surface area (Å²) in [5.41, 5.74) is 1.92. The van der Waals surface area contributed by atoms with Crippen LogP contribution >= 0.6 is 0 Å². The normalized spacial score (nSPS) is 15.1. The van der Waals surface area contributed by atoms with Crippen molar-refractivity contribution in [3.8, 4) is 0 Å². The molecule has 184 valence electrons. The van der Waals surface area contributed by atoms with E-state index in [-0.39, 0.29) is 34.0 Å². The molecular weight excluding hydrogens is 470 g/mol. The van der Waals surface area contributed by atoms with E-state index in [1.807, 2.05) is 0 Å². The zero-order chi connectivity index (χ0) is 25.2. The van der Waals surface area contributed by atoms with Gasteiger partial charge in [0.1, 0.15) is 11.6 Å². The minimum atomic E-state index is -3.61. The summed E-state index contributed by atoms with van der Waals surface area (Å²) in [4.78, 5) is 17.2. The highest BCUT2D eigenvalue weighted by molar-refractivity contribution is 7.92. The van der Waals surface area contributed by atoms with Crippen LogP contribution in [-0.2, 0) is 9.84 Å². The van der Waals surface area contributed by atoms with Gasteiger partial charge in [-0.1, -0.05) is 36.4 Å². The lowest BCUT2D eigenvalue weighted by molar-refractivity contribution is 0.0593. The lowest BCUT2D eigenvalue weighted by Crippen LogP contribution is -2.50. The molecule has 0 radical (unpaired) electrons. The van der Waals surface area contributed by atoms with Gasteiger partial charge in [0, 0.05) is 26.2 Å². The molecule has 0 aliphatic carbocycles. The zero-order valence-electron chi connectivity index (χ0n) is 19.7. The Bertz CT molecular complexity index is 1240. The molecule has 0 unspecified atom stereocenters. The molecule has 5 nitrogen and oxygen atoms in total. The van der Waals surface area contributed by atoms with Crippen molar-refractivity contribution in [2.45, 2.75) is 30.0 Å². The van der Waals surface area contributed by atoms with Gasteiger partial charge in [-0.25, -0.2) is 17.2 Å². The van der Waals surface area contributed by atoms with Crippen molar-refractivity contribution in [2.24, 2.45) is 0 Å². The highest BCUT2D eigenvalue weighted by Gasteiger charge is 2.31. The minimum Gasteiger partial charge on any atom is -0.336 e. The molecule has 0 bridgehead atoms. The number of piperazine rings is 1. The third kappa shape index (κ3) is 5.28. The predicted octanol–water partition coefficient (Wildman–Crippen LogP) is 4.69. The summed E-state index contributed by atoms with van der Waals surface area (Å²) in [6.45, 7) is 5.02. The molecule has 0 spiro atoms. The molecule has 1 heterocycles. The third-order valence-electron chi connectivity index (χ3n) is 6.38. The Morgan fingerprint density at radius 1 is 0.771 bits per heavy atom. The van der Waals surface area contributed by atoms with Crippen LogP contribution in [0, 0.1) is 11.6 Å². The number of carbonyl (C=O) groups excluding carboxylic acids is 1. The van der Waals surface area contributed by atoms with Crippen molar-refractivity contribution in [1.29, 1.82) is 0 Å². The predicted molar refractivity (Wildman–Crippen MR) is 131 cm³/mol. The van der Waals surface area contributed by atoms with Crippen molar-refractivity contribution in [3.63, 3.8) is 0 Å². The van der Waals surface area contributed by atoms with Gasteiger partial charge in [0.2, 0.25) is 0 Å². The average molecular weight is 499 g/mol. The lowest BCUT2D eigenvalue weighted by Gasteiger charge is -2.40. The highest BCUT2D eigenvalue weighted by Crippen LogP contribution is 2.31. The monoisotopic (exact) mass is 498 g/mol. The summed E-state index contributed by atoms with van der Waals surface area (Å²) in [5, 5.41) is -0.638. The van der Waals surface area contributed by atoms with Crippen LogP contribution in [-0.4, -0.2) is 55.6 Å². The molecule has 0 N–H and O–H groups in total. The second-order valence-corrected chi connectivity index (χ2v) is 11.4. The van der Waals surface area contributed by atoms with Crippen LogP contribution in [0.3, 0.4) is 0 Å². The molecule has 0 saturated carbocycles. The number of rotatable bonds is 6. The van der Waals surface area contributed by atoms with E-state index in [2.05, 4.69) is 4.90 Å². The molecule has 3 aromatic rings. The van der Waals surface area contributed by atoms with E-state index in [4.69, 9.17) is 0 Å². The molecule has 1 aliphatic rings. The van der Waals surface area contributed by atoms with Crippen molar-refractivity contribution in [2.75, 3.05) is 26.2 Å². The largest absolute Gasteiger partial charge is 0.336 e. The first-order chi connectivity index (χ1) is 16.7. The van der Waals surface area contributed by atoms with Gasteiger partial charge < -0.3 is 4.90 Å². The first-order valence-electron chi connectivity index (χ1n) is 11.6. The van der Waals surface area contributed by atoms with E-state index in [0.29, 0.717) is 26.2 Å². The number of benzene rings is 3. The van der Waals surface area contributed by atoms with E-state index in [1.54, 1.807) is 61.2 Å². The molecule has 1 aliphatic heterocycles. The number of carbonyl (C=O) groups is 1. The summed E-state index contributed by atoms with van der Waals surface area (Å²) in [7, 11) is -3.61. The number of halogens is 2. The molecule has 35 heavy (non-hydrogen) atoms. The van der Waals surface area contributed by atoms with E-state index in [0.717, 1.165) is 11.1 Å². The Labute approximate surface area is 204 Å². The summed E-state index contributed by atoms with van der Waals surface area (Å²) in [5.74, 6) is -0.987. The van der Waals surface area contributed by atoms with Gasteiger partial charge in [-0.2, -0.15) is 0 Å². The van der Waals surface area contributed by atoms with Crippen LogP contribution in [0.25, 0.3) is 0 Å². The average Bonchev–Trinajstić information content (AvgIpc) is 2.86. The summed E-state index contributed by atoms with van der Waals surface area (Å²) in [6.07, 6.45) is 0. The minimum absolute atomic E-state index is 0.0536. The SMILES string of the molecule is CC(C)S(=O)(=O)c1ccccc1C(=O)N1CCN(C(c2ccc(F)cc2)c2ccc(F)cc2)CC1. The molecule has 1 amide bonds. The maximum absolute atomic E-state index is 13.6. The number of nitrogens with zero attached hydrogens (tertiary/aromatic N) is 2. The highest BCUT2D eigenvalue weighted by atomic mass is 32.2. The van der Waals surface area contributed by atoms with E-state index >= 15 is 0 Å². The fourth-order valence-corrected chi connectivity index (χ4v) is 5.64. The number of hydrogen-bond acceptors (Lipinski definition) is 4. The first-order valence-corrected chi connectivity index (χ1v) is 13.1. The Morgan fingerprint density at radius 3 is 1.74 bits per heavy atom. The Morgan fingerprint density at radius 2 is 1.26 bits per heavy atom. The van der Waals surface area contributed by atoms with E-state index in [9.17, 15) is 22.0 Å². The van der Waals surface area contributed by atoms with Crippen LogP contribution in [0.5, 0.6) is 0 Å². The van der Waals surface area contributed by atoms with Crippen LogP contribution in [0.15, 0.2) is 77.7 Å². The van der Waals surface area contributed by atoms with Gasteiger partial charge in [-0.3, -0.25) is 9.69 Å². The van der Waals surface area contributed by atoms with Crippen LogP contribution < -0.4 is 0 Å². The van der Waals surface area contributed by atoms with Crippen molar-refractivity contribution < 1.29 is 22.0 Å². The topological polar surface area (TPSA) is 57.7 Å². The molecule has 4 rings (SSSR count). The van der Waals surface area contributed by atoms with Gasteiger partial charge in [-0.05, 0) is 61.4 Å². The molecule has 8 heteroatoms. The lowest BCUT2D eigenvalue weighted by atomic mass is 9.96. The quantitative estimate of drug-likeness (QED) is 0.495. The van der Waals surface area contributed by atoms with Gasteiger partial charge in [0.05, 0.1) is 21.8 Å². The second-order valence-electron chi connectivity index (χ2n) is 8.92. The number of hydrogen-bond donors (Lipinski definition) is 0. The van der Waals surface area contributed by atoms with Gasteiger partial charge >= 0.3 is 0 Å². The van der Waals surface area contributed by atoms with Crippen LogP contribution in [0.2, 0.25) is 0 Å². The number of amides is 1. The van der Waals surface area contributed by atoms with Crippen LogP contribution in [0.1, 0.15) is 41.4 Å². The first kappa shape index (κ1) is 25.0. The van der Waals surface area contributed by atoms with Crippen molar-refractivity contribution in [3.05, 3.63) is 101 Å². The van der Waals surface area contributed by atoms with E-state index in [1.165, 1.54) is 30.3 Å². The van der Waals surface area contributed by atoms with Crippen molar-refractivity contribution >= 4 is 15.7 Å². The van der Waals surface area contributed by atoms with Crippen molar-refractivity contribution in [1.82, 2.24) is 9.80 Å². The molecule has 0 aromatic heterocycles. The molecular formula is C27H28F2N2O3S. The fraction of sp³-hybridized carbons (Fsp3) is 0.296. The Hall–Kier alpha value is -3.10. The van der Waals surface area contributed by atoms with E-state index < -0.39 is 15.1 Å². The van der Waals surface area contributed by atoms with Gasteiger partial charge in [0.25, 0.3) is 5.91 Å². The zero-order valence-corrected chi connectivity index (χ0v) is 20.5. The standard InChI is InChI=1S/C27H28F2N2O3S/c1-19(2)35(33,34)25-6-4-3-5-24(25)27(32)31-17-15-30(16-18-31)26(20-7-11-22(28)12-8-20)21-9-13-23(29)14-10-21/h3-14,19,26H,15-18H2,1-2H3. The Balaban J connectivity index is 1.57. The fourth-order valence-electron chi connectivity index (χ4n) is 4.40. The molecule has 0 atom stereocenters. The Kier molecular flexibility index (Phi) is 7.33. The smallest absolute Gasteiger partial charge is 0.255 e. The summed E-state index contributed by atoms with van der Waals surface area (Å²) >= 11 is 0. The molecule has 1 saturated heterocycles. The number of sulfone groups is 1. The molecule has 1 fully saturated rings. The maximum atomic E-state index is 13.6. The van der Waals surface area contributed by atoms with Gasteiger partial charge in [0.15, 0.2) is 9.84 Å². The summed E-state index contributed by atoms with van der Waals surface area (Å²) in [6, 6.07) is 18.6. The second kappa shape index (κ2) is 10.3. The van der Waals surface area contributed by atoms with Crippen LogP contribution in [0.4, 0.5) is 8.78 Å². The van der Waals surface area contributed by atoms with Gasteiger partial charge in [-0.15, -0.1) is 0 Å². The molecule has 3 aromatic carbocycles. The third-order valence-corrected chi connectivity index (χ3v) is 8.59. The summed E-state index contributed by atoms with van der Waals surface area (Å²) < 4.78 is 52.8.